The van der Waals surface area contributed by atoms with E-state index >= 15 is 0 Å². The van der Waals surface area contributed by atoms with Gasteiger partial charge in [0.2, 0.25) is 5.91 Å². The van der Waals surface area contributed by atoms with Gasteiger partial charge < -0.3 is 20.2 Å². The third-order valence-corrected chi connectivity index (χ3v) is 4.39. The summed E-state index contributed by atoms with van der Waals surface area (Å²) in [6.07, 6.45) is 6.54. The van der Waals surface area contributed by atoms with Gasteiger partial charge in [0.1, 0.15) is 12.3 Å². The highest BCUT2D eigenvalue weighted by molar-refractivity contribution is 5.97. The zero-order valence-corrected chi connectivity index (χ0v) is 13.1. The number of rotatable bonds is 6. The van der Waals surface area contributed by atoms with E-state index in [1.165, 1.54) is 18.6 Å². The Morgan fingerprint density at radius 3 is 2.57 bits per heavy atom. The van der Waals surface area contributed by atoms with Gasteiger partial charge in [-0.1, -0.05) is 19.3 Å². The summed E-state index contributed by atoms with van der Waals surface area (Å²) in [4.78, 5) is 35.5. The Bertz CT molecular complexity index is 561. The van der Waals surface area contributed by atoms with Crippen LogP contribution in [0.15, 0.2) is 23.0 Å². The molecule has 23 heavy (non-hydrogen) atoms. The van der Waals surface area contributed by atoms with Crippen LogP contribution < -0.4 is 10.6 Å². The molecule has 0 radical (unpaired) electrons. The fraction of sp³-hybridized carbons (Fsp3) is 0.562. The fourth-order valence-electron chi connectivity index (χ4n) is 2.84. The van der Waals surface area contributed by atoms with E-state index in [9.17, 15) is 19.5 Å². The molecular weight excluding hydrogens is 300 g/mol. The van der Waals surface area contributed by atoms with E-state index in [4.69, 9.17) is 4.42 Å². The van der Waals surface area contributed by atoms with Crippen LogP contribution in [0, 0.1) is 5.41 Å². The van der Waals surface area contributed by atoms with Crippen molar-refractivity contribution in [2.75, 3.05) is 6.54 Å². The molecule has 1 heterocycles. The summed E-state index contributed by atoms with van der Waals surface area (Å²) in [6.45, 7) is 1.65. The van der Waals surface area contributed by atoms with E-state index in [0.29, 0.717) is 18.4 Å². The summed E-state index contributed by atoms with van der Waals surface area (Å²) in [5, 5.41) is 14.7. The van der Waals surface area contributed by atoms with Crippen molar-refractivity contribution in [2.45, 2.75) is 45.1 Å². The number of carbonyl (C=O) groups is 3. The van der Waals surface area contributed by atoms with Crippen molar-refractivity contribution < 1.29 is 23.9 Å². The van der Waals surface area contributed by atoms with Crippen molar-refractivity contribution in [1.82, 2.24) is 10.6 Å². The number of hydrogen-bond donors (Lipinski definition) is 3. The largest absolute Gasteiger partial charge is 0.481 e. The van der Waals surface area contributed by atoms with E-state index in [-0.39, 0.29) is 6.54 Å². The maximum atomic E-state index is 12.1. The highest BCUT2D eigenvalue weighted by Crippen LogP contribution is 2.35. The molecule has 7 nitrogen and oxygen atoms in total. The molecule has 2 rings (SSSR count). The van der Waals surface area contributed by atoms with Crippen LogP contribution >= 0.6 is 0 Å². The summed E-state index contributed by atoms with van der Waals surface area (Å²) in [5.74, 6) is -1.67. The van der Waals surface area contributed by atoms with Gasteiger partial charge in [-0.15, -0.1) is 0 Å². The van der Waals surface area contributed by atoms with E-state index in [0.717, 1.165) is 19.3 Å². The molecule has 1 fully saturated rings. The summed E-state index contributed by atoms with van der Waals surface area (Å²) in [5.41, 5.74) is -0.554. The lowest BCUT2D eigenvalue weighted by Crippen LogP contribution is -2.50. The van der Waals surface area contributed by atoms with Crippen molar-refractivity contribution in [3.05, 3.63) is 24.2 Å². The Labute approximate surface area is 134 Å². The molecule has 0 aliphatic heterocycles. The van der Waals surface area contributed by atoms with Gasteiger partial charge >= 0.3 is 5.97 Å². The number of carbonyl (C=O) groups excluding carboxylic acids is 2. The predicted octanol–water partition coefficient (Wildman–Crippen LogP) is 1.55. The highest BCUT2D eigenvalue weighted by atomic mass is 16.4. The molecule has 0 aromatic carbocycles. The SMILES string of the molecule is CC(NC(=O)c1ccoc1)C(=O)NCC1(C(=O)O)CCCCC1. The summed E-state index contributed by atoms with van der Waals surface area (Å²) < 4.78 is 4.82. The average Bonchev–Trinajstić information content (AvgIpc) is 3.07. The normalized spacial score (nSPS) is 18.0. The average molecular weight is 322 g/mol. The molecule has 2 amide bonds. The van der Waals surface area contributed by atoms with Crippen LogP contribution in [0.1, 0.15) is 49.4 Å². The van der Waals surface area contributed by atoms with Gasteiger partial charge in [0.25, 0.3) is 5.91 Å². The first kappa shape index (κ1) is 17.1. The number of hydrogen-bond acceptors (Lipinski definition) is 4. The Kier molecular flexibility index (Phi) is 5.41. The van der Waals surface area contributed by atoms with Gasteiger partial charge in [-0.3, -0.25) is 14.4 Å². The van der Waals surface area contributed by atoms with Gasteiger partial charge in [0.05, 0.1) is 17.2 Å². The van der Waals surface area contributed by atoms with Crippen LogP contribution in [0.3, 0.4) is 0 Å². The van der Waals surface area contributed by atoms with E-state index < -0.39 is 29.2 Å². The van der Waals surface area contributed by atoms with Crippen molar-refractivity contribution >= 4 is 17.8 Å². The molecule has 1 aromatic heterocycles. The number of furan rings is 1. The lowest BCUT2D eigenvalue weighted by molar-refractivity contribution is -0.151. The second-order valence-electron chi connectivity index (χ2n) is 6.07. The molecule has 0 saturated heterocycles. The van der Waals surface area contributed by atoms with Gasteiger partial charge in [0.15, 0.2) is 0 Å². The molecule has 3 N–H and O–H groups in total. The highest BCUT2D eigenvalue weighted by Gasteiger charge is 2.40. The summed E-state index contributed by atoms with van der Waals surface area (Å²) in [7, 11) is 0. The third-order valence-electron chi connectivity index (χ3n) is 4.39. The molecule has 1 aliphatic carbocycles. The van der Waals surface area contributed by atoms with Crippen molar-refractivity contribution in [3.63, 3.8) is 0 Å². The topological polar surface area (TPSA) is 109 Å². The molecule has 0 spiro atoms. The number of aliphatic carboxylic acids is 1. The second-order valence-corrected chi connectivity index (χ2v) is 6.07. The van der Waals surface area contributed by atoms with E-state index in [2.05, 4.69) is 10.6 Å². The first-order chi connectivity index (χ1) is 10.9. The molecule has 7 heteroatoms. The molecule has 1 aliphatic rings. The molecule has 126 valence electrons. The van der Waals surface area contributed by atoms with Gasteiger partial charge in [-0.25, -0.2) is 0 Å². The van der Waals surface area contributed by atoms with Crippen LogP contribution in [-0.4, -0.2) is 35.5 Å². The molecular formula is C16H22N2O5. The fourth-order valence-corrected chi connectivity index (χ4v) is 2.84. The summed E-state index contributed by atoms with van der Waals surface area (Å²) >= 11 is 0. The van der Waals surface area contributed by atoms with Crippen LogP contribution in [0.2, 0.25) is 0 Å². The zero-order chi connectivity index (χ0) is 16.9. The van der Waals surface area contributed by atoms with Crippen molar-refractivity contribution in [3.8, 4) is 0 Å². The lowest BCUT2D eigenvalue weighted by atomic mass is 9.74. The number of carboxylic acid groups (broad SMARTS) is 1. The van der Waals surface area contributed by atoms with Crippen molar-refractivity contribution in [2.24, 2.45) is 5.41 Å². The van der Waals surface area contributed by atoms with Crippen LogP contribution in [0.4, 0.5) is 0 Å². The Hall–Kier alpha value is -2.31. The first-order valence-corrected chi connectivity index (χ1v) is 7.79. The third kappa shape index (κ3) is 4.12. The Morgan fingerprint density at radius 2 is 2.00 bits per heavy atom. The zero-order valence-electron chi connectivity index (χ0n) is 13.1. The van der Waals surface area contributed by atoms with E-state index in [1.54, 1.807) is 6.92 Å². The maximum Gasteiger partial charge on any atom is 0.311 e. The number of nitrogens with one attached hydrogen (secondary N) is 2. The molecule has 1 unspecified atom stereocenters. The number of amides is 2. The minimum absolute atomic E-state index is 0.0904. The quantitative estimate of drug-likeness (QED) is 0.736. The smallest absolute Gasteiger partial charge is 0.311 e. The van der Waals surface area contributed by atoms with Crippen molar-refractivity contribution in [1.29, 1.82) is 0 Å². The second kappa shape index (κ2) is 7.30. The minimum atomic E-state index is -0.887. The first-order valence-electron chi connectivity index (χ1n) is 7.79. The molecule has 1 aromatic rings. The van der Waals surface area contributed by atoms with Crippen LogP contribution in [0.5, 0.6) is 0 Å². The molecule has 0 bridgehead atoms. The van der Waals surface area contributed by atoms with Crippen LogP contribution in [-0.2, 0) is 9.59 Å². The van der Waals surface area contributed by atoms with Gasteiger partial charge in [0, 0.05) is 6.54 Å². The standard InChI is InChI=1S/C16H22N2O5/c1-11(18-14(20)12-5-8-23-9-12)13(19)17-10-16(15(21)22)6-3-2-4-7-16/h5,8-9,11H,2-4,6-7,10H2,1H3,(H,17,19)(H,18,20)(H,21,22). The maximum absolute atomic E-state index is 12.1. The monoisotopic (exact) mass is 322 g/mol. The van der Waals surface area contributed by atoms with Gasteiger partial charge in [-0.2, -0.15) is 0 Å². The van der Waals surface area contributed by atoms with Crippen LogP contribution in [0.25, 0.3) is 0 Å². The predicted molar refractivity (Wildman–Crippen MR) is 81.8 cm³/mol. The van der Waals surface area contributed by atoms with E-state index in [1.807, 2.05) is 0 Å². The molecule has 1 saturated carbocycles. The van der Waals surface area contributed by atoms with Gasteiger partial charge in [-0.05, 0) is 25.8 Å². The lowest BCUT2D eigenvalue weighted by Gasteiger charge is -2.33. The molecule has 1 atom stereocenters. The Morgan fingerprint density at radius 1 is 1.30 bits per heavy atom. The minimum Gasteiger partial charge on any atom is -0.481 e. The number of carboxylic acids is 1. The Balaban J connectivity index is 1.87. The summed E-state index contributed by atoms with van der Waals surface area (Å²) in [6, 6.07) is 0.744.